The first-order valence-electron chi connectivity index (χ1n) is 6.39. The van der Waals surface area contributed by atoms with Gasteiger partial charge in [0.1, 0.15) is 0 Å². The summed E-state index contributed by atoms with van der Waals surface area (Å²) in [6, 6.07) is 0. The van der Waals surface area contributed by atoms with Crippen molar-refractivity contribution in [1.29, 1.82) is 0 Å². The van der Waals surface area contributed by atoms with Crippen LogP contribution in [-0.4, -0.2) is 19.3 Å². The van der Waals surface area contributed by atoms with E-state index in [-0.39, 0.29) is 19.3 Å². The highest BCUT2D eigenvalue weighted by Gasteiger charge is 2.27. The number of rotatable bonds is 6. The van der Waals surface area contributed by atoms with E-state index in [0.29, 0.717) is 0 Å². The summed E-state index contributed by atoms with van der Waals surface area (Å²) >= 11 is 0. The summed E-state index contributed by atoms with van der Waals surface area (Å²) in [5.74, 6) is 0.826. The molecule has 1 fully saturated rings. The molecule has 15 heavy (non-hydrogen) atoms. The maximum atomic E-state index is 5.80. The fourth-order valence-electron chi connectivity index (χ4n) is 2.27. The second-order valence-electron chi connectivity index (χ2n) is 5.19. The Morgan fingerprint density at radius 2 is 1.47 bits per heavy atom. The van der Waals surface area contributed by atoms with Crippen LogP contribution in [0.4, 0.5) is 0 Å². The molecule has 0 N–H and O–H groups in total. The normalized spacial score (nSPS) is 18.0. The van der Waals surface area contributed by atoms with E-state index < -0.39 is 0 Å². The van der Waals surface area contributed by atoms with Gasteiger partial charge in [-0.2, -0.15) is 0 Å². The summed E-state index contributed by atoms with van der Waals surface area (Å²) in [5.41, 5.74) is 0. The van der Waals surface area contributed by atoms with Gasteiger partial charge in [0.2, 0.25) is 0 Å². The van der Waals surface area contributed by atoms with Crippen LogP contribution < -0.4 is 0 Å². The van der Waals surface area contributed by atoms with Gasteiger partial charge in [0.15, 0.2) is 0 Å². The molecule has 0 aromatic carbocycles. The van der Waals surface area contributed by atoms with Gasteiger partial charge >= 0.3 is 7.12 Å². The van der Waals surface area contributed by atoms with Crippen molar-refractivity contribution in [3.63, 3.8) is 0 Å². The van der Waals surface area contributed by atoms with E-state index in [9.17, 15) is 0 Å². The van der Waals surface area contributed by atoms with Crippen LogP contribution in [0.3, 0.4) is 0 Å². The molecule has 1 saturated carbocycles. The third-order valence-electron chi connectivity index (χ3n) is 2.85. The highest BCUT2D eigenvalue weighted by Crippen LogP contribution is 2.29. The smallest absolute Gasteiger partial charge is 0.409 e. The molecule has 0 amide bonds. The first-order chi connectivity index (χ1) is 7.08. The van der Waals surface area contributed by atoms with Gasteiger partial charge in [-0.15, -0.1) is 0 Å². The van der Waals surface area contributed by atoms with Crippen LogP contribution in [-0.2, 0) is 9.31 Å². The minimum absolute atomic E-state index is 0.00750. The lowest BCUT2D eigenvalue weighted by Gasteiger charge is -2.21. The molecular weight excluding hydrogens is 187 g/mol. The molecule has 0 spiro atoms. The molecule has 0 bridgehead atoms. The van der Waals surface area contributed by atoms with Gasteiger partial charge in [-0.05, 0) is 39.9 Å². The molecule has 0 aromatic heterocycles. The molecule has 0 radical (unpaired) electrons. The van der Waals surface area contributed by atoms with Crippen molar-refractivity contribution in [3.8, 4) is 0 Å². The average Bonchev–Trinajstić information content (AvgIpc) is 2.53. The zero-order chi connectivity index (χ0) is 11.3. The summed E-state index contributed by atoms with van der Waals surface area (Å²) in [4.78, 5) is 0. The highest BCUT2D eigenvalue weighted by molar-refractivity contribution is 6.44. The molecule has 0 aromatic rings. The molecule has 1 rings (SSSR count). The van der Waals surface area contributed by atoms with Crippen molar-refractivity contribution in [1.82, 2.24) is 0 Å². The van der Waals surface area contributed by atoms with E-state index in [1.165, 1.54) is 25.7 Å². The fourth-order valence-corrected chi connectivity index (χ4v) is 2.27. The Bertz CT molecular complexity index is 155. The largest absolute Gasteiger partial charge is 0.457 e. The van der Waals surface area contributed by atoms with Crippen LogP contribution in [0.2, 0.25) is 6.32 Å². The first-order valence-corrected chi connectivity index (χ1v) is 6.39. The van der Waals surface area contributed by atoms with Gasteiger partial charge < -0.3 is 9.31 Å². The Hall–Kier alpha value is -0.0151. The third-order valence-corrected chi connectivity index (χ3v) is 2.85. The Kier molecular flexibility index (Phi) is 5.69. The summed E-state index contributed by atoms with van der Waals surface area (Å²) < 4.78 is 11.6. The molecule has 0 aliphatic heterocycles. The van der Waals surface area contributed by atoms with Gasteiger partial charge in [0.25, 0.3) is 0 Å². The minimum atomic E-state index is 0.00750. The maximum absolute atomic E-state index is 5.80. The Labute approximate surface area is 94.9 Å². The molecule has 88 valence electrons. The van der Waals surface area contributed by atoms with E-state index in [2.05, 4.69) is 27.7 Å². The summed E-state index contributed by atoms with van der Waals surface area (Å²) in [7, 11) is 0.00750. The van der Waals surface area contributed by atoms with E-state index in [1.807, 2.05) is 0 Å². The van der Waals surface area contributed by atoms with Crippen molar-refractivity contribution in [2.45, 2.75) is 71.9 Å². The number of hydrogen-bond acceptors (Lipinski definition) is 2. The standard InChI is InChI=1S/C12H25BO2/c1-10(2)14-13(15-11(3)4)9-12-7-5-6-8-12/h10-12H,5-9H2,1-4H3. The maximum Gasteiger partial charge on any atom is 0.457 e. The monoisotopic (exact) mass is 212 g/mol. The minimum Gasteiger partial charge on any atom is -0.409 e. The molecule has 1 aliphatic rings. The quantitative estimate of drug-likeness (QED) is 0.627. The molecule has 0 heterocycles. The van der Waals surface area contributed by atoms with Gasteiger partial charge in [-0.25, -0.2) is 0 Å². The first kappa shape index (κ1) is 13.1. The van der Waals surface area contributed by atoms with E-state index in [4.69, 9.17) is 9.31 Å². The van der Waals surface area contributed by atoms with Gasteiger partial charge in [-0.1, -0.05) is 25.7 Å². The lowest BCUT2D eigenvalue weighted by Crippen LogP contribution is -2.31. The topological polar surface area (TPSA) is 18.5 Å². The Morgan fingerprint density at radius 1 is 1.00 bits per heavy atom. The average molecular weight is 212 g/mol. The van der Waals surface area contributed by atoms with Crippen molar-refractivity contribution in [3.05, 3.63) is 0 Å². The molecule has 3 heteroatoms. The predicted molar refractivity (Wildman–Crippen MR) is 65.0 cm³/mol. The molecule has 0 unspecified atom stereocenters. The van der Waals surface area contributed by atoms with Crippen LogP contribution in [0.25, 0.3) is 0 Å². The lowest BCUT2D eigenvalue weighted by molar-refractivity contribution is 0.126. The zero-order valence-corrected chi connectivity index (χ0v) is 10.7. The van der Waals surface area contributed by atoms with E-state index >= 15 is 0 Å². The van der Waals surface area contributed by atoms with Crippen LogP contribution in [0.5, 0.6) is 0 Å². The Morgan fingerprint density at radius 3 is 1.87 bits per heavy atom. The van der Waals surface area contributed by atoms with Crippen molar-refractivity contribution < 1.29 is 9.31 Å². The Balaban J connectivity index is 2.32. The molecular formula is C12H25BO2. The molecule has 2 nitrogen and oxygen atoms in total. The fraction of sp³-hybridized carbons (Fsp3) is 1.00. The second kappa shape index (κ2) is 6.54. The van der Waals surface area contributed by atoms with Crippen molar-refractivity contribution >= 4 is 7.12 Å². The van der Waals surface area contributed by atoms with E-state index in [0.717, 1.165) is 12.2 Å². The molecule has 0 saturated heterocycles. The van der Waals surface area contributed by atoms with Crippen LogP contribution in [0.15, 0.2) is 0 Å². The molecule has 0 atom stereocenters. The SMILES string of the molecule is CC(C)OB(CC1CCCC1)OC(C)C. The van der Waals surface area contributed by atoms with Crippen LogP contribution in [0.1, 0.15) is 53.4 Å². The van der Waals surface area contributed by atoms with Gasteiger partial charge in [-0.3, -0.25) is 0 Å². The van der Waals surface area contributed by atoms with E-state index in [1.54, 1.807) is 0 Å². The summed E-state index contributed by atoms with van der Waals surface area (Å²) in [6.07, 6.45) is 7.10. The third kappa shape index (κ3) is 5.57. The molecule has 1 aliphatic carbocycles. The lowest BCUT2D eigenvalue weighted by atomic mass is 9.76. The van der Waals surface area contributed by atoms with Crippen molar-refractivity contribution in [2.75, 3.05) is 0 Å². The summed E-state index contributed by atoms with van der Waals surface area (Å²) in [5, 5.41) is 0. The summed E-state index contributed by atoms with van der Waals surface area (Å²) in [6.45, 7) is 8.30. The highest BCUT2D eigenvalue weighted by atomic mass is 16.6. The number of hydrogen-bond donors (Lipinski definition) is 0. The van der Waals surface area contributed by atoms with Crippen LogP contribution >= 0.6 is 0 Å². The van der Waals surface area contributed by atoms with Crippen molar-refractivity contribution in [2.24, 2.45) is 5.92 Å². The van der Waals surface area contributed by atoms with Gasteiger partial charge in [0.05, 0.1) is 0 Å². The van der Waals surface area contributed by atoms with Gasteiger partial charge in [0, 0.05) is 12.2 Å². The predicted octanol–water partition coefficient (Wildman–Crippen LogP) is 3.51. The zero-order valence-electron chi connectivity index (χ0n) is 10.7. The second-order valence-corrected chi connectivity index (χ2v) is 5.19. The van der Waals surface area contributed by atoms with Crippen LogP contribution in [0, 0.1) is 5.92 Å².